The van der Waals surface area contributed by atoms with Gasteiger partial charge in [-0.15, -0.1) is 0 Å². The van der Waals surface area contributed by atoms with Crippen LogP contribution >= 0.6 is 12.2 Å². The Morgan fingerprint density at radius 3 is 2.48 bits per heavy atom. The Morgan fingerprint density at radius 1 is 1.19 bits per heavy atom. The van der Waals surface area contributed by atoms with Gasteiger partial charge < -0.3 is 10.3 Å². The highest BCUT2D eigenvalue weighted by Crippen LogP contribution is 2.22. The molecule has 0 atom stereocenters. The van der Waals surface area contributed by atoms with Crippen LogP contribution < -0.4 is 11.3 Å². The third kappa shape index (κ3) is 3.05. The second-order valence-corrected chi connectivity index (χ2v) is 5.69. The number of aryl methyl sites for hydroxylation is 2. The van der Waals surface area contributed by atoms with Crippen LogP contribution in [0.5, 0.6) is 0 Å². The van der Waals surface area contributed by atoms with Gasteiger partial charge in [-0.2, -0.15) is 0 Å². The number of nitrogens with two attached hydrogens (primary N) is 1. The fourth-order valence-corrected chi connectivity index (χ4v) is 2.52. The van der Waals surface area contributed by atoms with Crippen LogP contribution in [0.4, 0.5) is 0 Å². The highest BCUT2D eigenvalue weighted by atomic mass is 32.1. The molecule has 0 spiro atoms. The number of thiocarbonyl (C=S) groups is 1. The molecule has 1 heterocycles. The normalized spacial score (nSPS) is 10.6. The van der Waals surface area contributed by atoms with Gasteiger partial charge >= 0.3 is 0 Å². The Hall–Kier alpha value is -1.94. The van der Waals surface area contributed by atoms with Crippen molar-refractivity contribution in [3.05, 3.63) is 57.4 Å². The Kier molecular flexibility index (Phi) is 4.58. The SMILES string of the molecule is CCCn1c(-c2ccc(C)c(C)c2)ccc(C(N)=S)c1=O. The number of hydrogen-bond donors (Lipinski definition) is 1. The van der Waals surface area contributed by atoms with Crippen LogP contribution in [-0.4, -0.2) is 9.56 Å². The van der Waals surface area contributed by atoms with Gasteiger partial charge in [0.15, 0.2) is 0 Å². The highest BCUT2D eigenvalue weighted by Gasteiger charge is 2.12. The average molecular weight is 300 g/mol. The van der Waals surface area contributed by atoms with Gasteiger partial charge in [0, 0.05) is 6.54 Å². The minimum atomic E-state index is -0.111. The largest absolute Gasteiger partial charge is 0.389 e. The van der Waals surface area contributed by atoms with Crippen LogP contribution in [0.2, 0.25) is 0 Å². The van der Waals surface area contributed by atoms with Crippen molar-refractivity contribution in [3.63, 3.8) is 0 Å². The number of nitrogens with zero attached hydrogens (tertiary/aromatic N) is 1. The van der Waals surface area contributed by atoms with E-state index in [2.05, 4.69) is 26.0 Å². The Labute approximate surface area is 130 Å². The van der Waals surface area contributed by atoms with Crippen molar-refractivity contribution in [2.24, 2.45) is 5.73 Å². The van der Waals surface area contributed by atoms with Crippen LogP contribution in [0.15, 0.2) is 35.1 Å². The minimum absolute atomic E-state index is 0.111. The monoisotopic (exact) mass is 300 g/mol. The zero-order chi connectivity index (χ0) is 15.6. The molecule has 0 saturated heterocycles. The summed E-state index contributed by atoms with van der Waals surface area (Å²) in [7, 11) is 0. The van der Waals surface area contributed by atoms with Crippen LogP contribution in [0.3, 0.4) is 0 Å². The van der Waals surface area contributed by atoms with Crippen molar-refractivity contribution in [1.82, 2.24) is 4.57 Å². The molecule has 3 nitrogen and oxygen atoms in total. The standard InChI is InChI=1S/C17H20N2OS/c1-4-9-19-15(8-7-14(16(18)21)17(19)20)13-6-5-11(2)12(3)10-13/h5-8,10H,4,9H2,1-3H3,(H2,18,21). The summed E-state index contributed by atoms with van der Waals surface area (Å²) in [6.45, 7) is 6.85. The molecule has 21 heavy (non-hydrogen) atoms. The topological polar surface area (TPSA) is 48.0 Å². The molecule has 0 radical (unpaired) electrons. The summed E-state index contributed by atoms with van der Waals surface area (Å²) in [5.41, 5.74) is 10.3. The molecule has 1 aromatic carbocycles. The van der Waals surface area contributed by atoms with E-state index in [1.54, 1.807) is 10.6 Å². The molecular weight excluding hydrogens is 280 g/mol. The third-order valence-corrected chi connectivity index (χ3v) is 3.91. The van der Waals surface area contributed by atoms with Gasteiger partial charge in [-0.1, -0.05) is 31.3 Å². The van der Waals surface area contributed by atoms with E-state index in [0.29, 0.717) is 12.1 Å². The first-order chi connectivity index (χ1) is 9.95. The summed E-state index contributed by atoms with van der Waals surface area (Å²) < 4.78 is 1.76. The van der Waals surface area contributed by atoms with Gasteiger partial charge in [0.25, 0.3) is 5.56 Å². The first-order valence-electron chi connectivity index (χ1n) is 7.07. The molecular formula is C17H20N2OS. The molecule has 0 fully saturated rings. The van der Waals surface area contributed by atoms with Crippen LogP contribution in [0.1, 0.15) is 30.0 Å². The molecule has 0 unspecified atom stereocenters. The van der Waals surface area contributed by atoms with E-state index in [0.717, 1.165) is 17.7 Å². The van der Waals surface area contributed by atoms with E-state index in [-0.39, 0.29) is 10.5 Å². The predicted molar refractivity (Wildman–Crippen MR) is 91.8 cm³/mol. The smallest absolute Gasteiger partial charge is 0.261 e. The highest BCUT2D eigenvalue weighted by molar-refractivity contribution is 7.80. The quantitative estimate of drug-likeness (QED) is 0.882. The van der Waals surface area contributed by atoms with Crippen molar-refractivity contribution < 1.29 is 0 Å². The van der Waals surface area contributed by atoms with Crippen molar-refractivity contribution in [2.45, 2.75) is 33.7 Å². The van der Waals surface area contributed by atoms with Crippen molar-refractivity contribution in [2.75, 3.05) is 0 Å². The lowest BCUT2D eigenvalue weighted by molar-refractivity contribution is 0.660. The number of benzene rings is 1. The molecule has 2 aromatic rings. The third-order valence-electron chi connectivity index (χ3n) is 3.69. The molecule has 0 amide bonds. The van der Waals surface area contributed by atoms with Crippen LogP contribution in [-0.2, 0) is 6.54 Å². The summed E-state index contributed by atoms with van der Waals surface area (Å²) in [5.74, 6) is 0. The minimum Gasteiger partial charge on any atom is -0.389 e. The summed E-state index contributed by atoms with van der Waals surface area (Å²) in [5, 5.41) is 0. The Balaban J connectivity index is 2.68. The van der Waals surface area contributed by atoms with Gasteiger partial charge in [0.05, 0.1) is 11.3 Å². The summed E-state index contributed by atoms with van der Waals surface area (Å²) >= 11 is 4.96. The fourth-order valence-electron chi connectivity index (χ4n) is 2.36. The Morgan fingerprint density at radius 2 is 1.90 bits per heavy atom. The van der Waals surface area contributed by atoms with Crippen LogP contribution in [0.25, 0.3) is 11.3 Å². The number of pyridine rings is 1. The molecule has 110 valence electrons. The number of rotatable bonds is 4. The maximum absolute atomic E-state index is 12.5. The summed E-state index contributed by atoms with van der Waals surface area (Å²) in [4.78, 5) is 12.7. The van der Waals surface area contributed by atoms with Crippen LogP contribution in [0, 0.1) is 13.8 Å². The first kappa shape index (κ1) is 15.4. The maximum atomic E-state index is 12.5. The first-order valence-corrected chi connectivity index (χ1v) is 7.47. The molecule has 0 bridgehead atoms. The average Bonchev–Trinajstić information content (AvgIpc) is 2.44. The summed E-state index contributed by atoms with van der Waals surface area (Å²) in [6.07, 6.45) is 0.874. The maximum Gasteiger partial charge on any atom is 0.261 e. The van der Waals surface area contributed by atoms with E-state index in [4.69, 9.17) is 18.0 Å². The van der Waals surface area contributed by atoms with Crippen molar-refractivity contribution in [1.29, 1.82) is 0 Å². The molecule has 2 rings (SSSR count). The van der Waals surface area contributed by atoms with E-state index >= 15 is 0 Å². The lowest BCUT2D eigenvalue weighted by atomic mass is 10.0. The lowest BCUT2D eigenvalue weighted by Crippen LogP contribution is -2.29. The molecule has 0 aliphatic heterocycles. The lowest BCUT2D eigenvalue weighted by Gasteiger charge is -2.15. The Bertz CT molecular complexity index is 747. The van der Waals surface area contributed by atoms with E-state index in [1.165, 1.54) is 11.1 Å². The van der Waals surface area contributed by atoms with Gasteiger partial charge in [-0.05, 0) is 55.2 Å². The zero-order valence-corrected chi connectivity index (χ0v) is 13.5. The predicted octanol–water partition coefficient (Wildman–Crippen LogP) is 3.18. The van der Waals surface area contributed by atoms with Crippen molar-refractivity contribution in [3.8, 4) is 11.3 Å². The number of aromatic nitrogens is 1. The van der Waals surface area contributed by atoms with Crippen molar-refractivity contribution >= 4 is 17.2 Å². The molecule has 4 heteroatoms. The zero-order valence-electron chi connectivity index (χ0n) is 12.6. The molecule has 0 aliphatic rings. The second-order valence-electron chi connectivity index (χ2n) is 5.25. The molecule has 2 N–H and O–H groups in total. The summed E-state index contributed by atoms with van der Waals surface area (Å²) in [6, 6.07) is 9.88. The number of hydrogen-bond acceptors (Lipinski definition) is 2. The molecule has 0 saturated carbocycles. The molecule has 0 aliphatic carbocycles. The fraction of sp³-hybridized carbons (Fsp3) is 0.294. The van der Waals surface area contributed by atoms with E-state index < -0.39 is 0 Å². The molecule has 1 aromatic heterocycles. The van der Waals surface area contributed by atoms with Gasteiger partial charge in [0.2, 0.25) is 0 Å². The van der Waals surface area contributed by atoms with E-state index in [1.807, 2.05) is 19.1 Å². The van der Waals surface area contributed by atoms with Gasteiger partial charge in [-0.3, -0.25) is 4.79 Å². The second kappa shape index (κ2) is 6.22. The van der Waals surface area contributed by atoms with Gasteiger partial charge in [-0.25, -0.2) is 0 Å². The van der Waals surface area contributed by atoms with Gasteiger partial charge in [0.1, 0.15) is 4.99 Å². The van der Waals surface area contributed by atoms with E-state index in [9.17, 15) is 4.79 Å².